The molecule has 0 saturated heterocycles. The fourth-order valence-corrected chi connectivity index (χ4v) is 33.1. The topological polar surface area (TPSA) is 54.4 Å². The van der Waals surface area contributed by atoms with Crippen molar-refractivity contribution in [1.29, 1.82) is 0 Å². The van der Waals surface area contributed by atoms with Crippen molar-refractivity contribution in [2.45, 2.75) is 454 Å². The molecule has 0 amide bonds. The van der Waals surface area contributed by atoms with Gasteiger partial charge in [0.15, 0.2) is 5.98 Å². The fraction of sp³-hybridized carbons (Fsp3) is 0.973. The zero-order valence-electron chi connectivity index (χ0n) is 62.4. The molecule has 0 aromatic carbocycles. The Bertz CT molecular complexity index is 1490. The number of hydrogen-bond acceptors (Lipinski definition) is 2. The minimum absolute atomic E-state index is 0. The summed E-state index contributed by atoms with van der Waals surface area (Å²) in [5.74, 6) is -1.20. The van der Waals surface area contributed by atoms with Crippen LogP contribution in [0.2, 0.25) is 0 Å². The van der Waals surface area contributed by atoms with Crippen LogP contribution in [0.4, 0.5) is 13.2 Å². The van der Waals surface area contributed by atoms with E-state index in [0.29, 0.717) is 21.2 Å². The number of alkyl halides is 4. The van der Waals surface area contributed by atoms with Crippen LogP contribution in [0.3, 0.4) is 0 Å². The van der Waals surface area contributed by atoms with E-state index in [2.05, 4.69) is 12.8 Å². The quantitative estimate of drug-likeness (QED) is 0.0625. The van der Waals surface area contributed by atoms with E-state index >= 15 is 0 Å². The van der Waals surface area contributed by atoms with Gasteiger partial charge in [-0.2, -0.15) is 47.3 Å². The summed E-state index contributed by atoms with van der Waals surface area (Å²) in [7, 11) is -5.12. The van der Waals surface area contributed by atoms with Gasteiger partial charge < -0.3 is 65.3 Å². The van der Waals surface area contributed by atoms with E-state index in [4.69, 9.17) is 58.3 Å². The third-order valence-corrected chi connectivity index (χ3v) is 36.4. The molecular formula is C74H140Cl8F3Mg4O3P4S+. The van der Waals surface area contributed by atoms with Gasteiger partial charge in [0.25, 0.3) is 0 Å². The van der Waals surface area contributed by atoms with Crippen molar-refractivity contribution >= 4 is 177 Å². The molecule has 0 aromatic rings. The van der Waals surface area contributed by atoms with Crippen LogP contribution in [-0.4, -0.2) is 167 Å². The Morgan fingerprint density at radius 3 is 0.588 bits per heavy atom. The maximum atomic E-state index is 10.7. The zero-order valence-corrected chi connectivity index (χ0v) is 76.6. The first kappa shape index (κ1) is 112. The van der Waals surface area contributed by atoms with E-state index < -0.39 is 21.6 Å². The van der Waals surface area contributed by atoms with Gasteiger partial charge >= 0.3 is 108 Å². The van der Waals surface area contributed by atoms with Crippen molar-refractivity contribution in [1.82, 2.24) is 0 Å². The van der Waals surface area contributed by atoms with Gasteiger partial charge in [-0.05, 0) is 201 Å². The van der Waals surface area contributed by atoms with Crippen molar-refractivity contribution < 1.29 is 78.6 Å². The van der Waals surface area contributed by atoms with Gasteiger partial charge in [0.05, 0.1) is 17.0 Å². The van der Waals surface area contributed by atoms with E-state index in [1.165, 1.54) is 186 Å². The summed E-state index contributed by atoms with van der Waals surface area (Å²) >= 11 is 20.4. The number of rotatable bonds is 9. The Kier molecular flexibility index (Phi) is 81.9. The van der Waals surface area contributed by atoms with Gasteiger partial charge in [-0.3, -0.25) is 4.55 Å². The van der Waals surface area contributed by atoms with E-state index in [0.717, 1.165) is 0 Å². The third kappa shape index (κ3) is 50.5. The third-order valence-electron chi connectivity index (χ3n) is 22.7. The summed E-state index contributed by atoms with van der Waals surface area (Å²) < 4.78 is 57.5. The second-order valence-corrected chi connectivity index (χ2v) is 46.0. The van der Waals surface area contributed by atoms with Gasteiger partial charge in [-0.25, -0.2) is 0 Å². The average Bonchev–Trinajstić information content (AvgIpc) is 0.840. The Labute approximate surface area is 715 Å². The molecule has 1 N–H and O–H groups in total. The van der Waals surface area contributed by atoms with Crippen LogP contribution in [0.15, 0.2) is 0 Å². The van der Waals surface area contributed by atoms with Crippen LogP contribution in [0.5, 0.6) is 0 Å². The molecule has 0 unspecified atom stereocenters. The van der Waals surface area contributed by atoms with Crippen LogP contribution >= 0.6 is 75.1 Å². The van der Waals surface area contributed by atoms with Gasteiger partial charge in [-0.15, -0.1) is 11.6 Å². The maximum absolute atomic E-state index is 10.7. The molecule has 0 aromatic heterocycles. The molecule has 564 valence electrons. The molecule has 0 bridgehead atoms. The minimum Gasteiger partial charge on any atom is -1.00 e. The van der Waals surface area contributed by atoms with Gasteiger partial charge in [0, 0.05) is 13.3 Å². The van der Waals surface area contributed by atoms with E-state index in [1.807, 2.05) is 0 Å². The average molecular weight is 1670 g/mol. The molecule has 0 heterocycles. The standard InChI is InChI=1S/3C18H33P.C6H11Cl.2C6H11.CHF3O3S.CH4.Cl3P.4ClH.4Mg.2H/c3*1-4-10-16(11-5-1)19(17-12-6-2-7-13-17)18-14-8-3-9-15-18;7-6-4-2-1-3-5-6;2*1-2-4-6-5-3-1;2-1(3,4)8(5,6)7;;1-4(2)3;;;;;;;;;;/h3*16-18H,1-15H2;6H,1-5H2;2*1H,2-6H2;(H,5,6,7);1H4;;4*1H;;;;;;/q;;;;2*-1;;;;;;;;4*+2;2*-1/p-3. The normalized spacial score (nSPS) is 23.3. The number of hydrogen-bond donors (Lipinski definition) is 1. The van der Waals surface area contributed by atoms with Crippen molar-refractivity contribution in [3.05, 3.63) is 12.8 Å². The predicted octanol–water partition coefficient (Wildman–Crippen LogP) is 16.7. The summed E-state index contributed by atoms with van der Waals surface area (Å²) in [5, 5.41) is 0.508. The van der Waals surface area contributed by atoms with Crippen LogP contribution in [-0.2, 0) is 10.1 Å². The van der Waals surface area contributed by atoms with Crippen LogP contribution in [0.25, 0.3) is 0 Å². The molecule has 12 aliphatic rings. The SMILES string of the molecule is C.C1CCC(P(C2CCCCC2)C2CCCCC2)CC1.C1CCC(P(C2CCCCC2)C2CCCCC2)CC1.C1CCC([PH+](C2CCCCC2)C2CCCCC2)CC1.ClC1CCCCC1.ClP(Cl)Cl.O=S(=O)(O)C(F)(F)F.[CH-]1CCCCC1.[CH-]1CCCCC1.[Cl-].[Cl-].[Cl-].[Cl-].[H-].[H-].[Mg+2].[Mg+2].[Mg+2].[Mg+2]. The summed E-state index contributed by atoms with van der Waals surface area (Å²) in [6, 6.07) is 0. The molecule has 12 rings (SSSR count). The second-order valence-electron chi connectivity index (χ2n) is 29.4. The fourth-order valence-electron chi connectivity index (χ4n) is 18.2. The van der Waals surface area contributed by atoms with Gasteiger partial charge in [-0.1, -0.05) is 250 Å². The largest absolute Gasteiger partial charge is 2.00 e. The van der Waals surface area contributed by atoms with Gasteiger partial charge in [0.1, 0.15) is 0 Å². The Balaban J connectivity index is -0.000000203. The second kappa shape index (κ2) is 70.7. The Morgan fingerprint density at radius 2 is 0.474 bits per heavy atom. The smallest absolute Gasteiger partial charge is 1.00 e. The molecule has 12 saturated carbocycles. The maximum Gasteiger partial charge on any atom is 2.00 e. The number of halogens is 11. The first-order chi connectivity index (χ1) is 42.7. The molecule has 0 atom stereocenters. The molecular weight excluding hydrogens is 1530 g/mol. The van der Waals surface area contributed by atoms with Gasteiger partial charge in [0.2, 0.25) is 0 Å². The molecule has 97 heavy (non-hydrogen) atoms. The first-order valence-electron chi connectivity index (χ1n) is 38.2. The summed E-state index contributed by atoms with van der Waals surface area (Å²) in [5.41, 5.74) is 5.28. The molecule has 3 nitrogen and oxygen atoms in total. The summed E-state index contributed by atoms with van der Waals surface area (Å²) in [6.07, 6.45) is 96.7. The van der Waals surface area contributed by atoms with Crippen LogP contribution in [0, 0.1) is 12.8 Å². The molecule has 0 radical (unpaired) electrons. The van der Waals surface area contributed by atoms with Crippen LogP contribution < -0.4 is 49.6 Å². The molecule has 23 heteroatoms. The van der Waals surface area contributed by atoms with Crippen molar-refractivity contribution in [2.24, 2.45) is 0 Å². The van der Waals surface area contributed by atoms with Crippen molar-refractivity contribution in [3.8, 4) is 0 Å². The monoisotopic (exact) mass is 1670 g/mol. The minimum atomic E-state index is -5.84. The summed E-state index contributed by atoms with van der Waals surface area (Å²) in [6.45, 7) is 0. The molecule has 0 aliphatic heterocycles. The van der Waals surface area contributed by atoms with Crippen molar-refractivity contribution in [3.63, 3.8) is 0 Å². The Hall–Kier alpha value is 6.80. The zero-order chi connectivity index (χ0) is 62.9. The predicted molar refractivity (Wildman–Crippen MR) is 426 cm³/mol. The van der Waals surface area contributed by atoms with E-state index in [-0.39, 0.29) is 160 Å². The first-order valence-corrected chi connectivity index (χ1v) is 49.0. The van der Waals surface area contributed by atoms with Crippen LogP contribution in [0.1, 0.15) is 396 Å². The molecule has 0 spiro atoms. The molecule has 12 aliphatic carbocycles. The molecule has 12 fully saturated rings. The van der Waals surface area contributed by atoms with Crippen molar-refractivity contribution in [2.75, 3.05) is 0 Å². The van der Waals surface area contributed by atoms with E-state index in [9.17, 15) is 13.2 Å². The van der Waals surface area contributed by atoms with E-state index in [1.54, 1.807) is 250 Å². The Morgan fingerprint density at radius 1 is 0.330 bits per heavy atom. The summed E-state index contributed by atoms with van der Waals surface area (Å²) in [4.78, 5) is 0.